The van der Waals surface area contributed by atoms with E-state index in [1.54, 1.807) is 0 Å². The molecule has 1 aliphatic rings. The summed E-state index contributed by atoms with van der Waals surface area (Å²) in [5.74, 6) is 1.68. The lowest BCUT2D eigenvalue weighted by Gasteiger charge is -2.26. The fraction of sp³-hybridized carbons (Fsp3) is 0.571. The van der Waals surface area contributed by atoms with Crippen molar-refractivity contribution in [2.24, 2.45) is 0 Å². The number of rotatable bonds is 5. The van der Waals surface area contributed by atoms with E-state index in [0.29, 0.717) is 11.2 Å². The van der Waals surface area contributed by atoms with Crippen LogP contribution < -0.4 is 10.1 Å². The van der Waals surface area contributed by atoms with Gasteiger partial charge in [-0.2, -0.15) is 11.8 Å². The zero-order valence-corrected chi connectivity index (χ0v) is 11.4. The fourth-order valence-corrected chi connectivity index (χ4v) is 2.46. The quantitative estimate of drug-likeness (QED) is 0.869. The van der Waals surface area contributed by atoms with Crippen LogP contribution in [0.2, 0.25) is 0 Å². The smallest absolute Gasteiger partial charge is 0.122 e. The number of hydrogen-bond acceptors (Lipinski definition) is 3. The highest BCUT2D eigenvalue weighted by Gasteiger charge is 2.20. The molecule has 2 nitrogen and oxygen atoms in total. The summed E-state index contributed by atoms with van der Waals surface area (Å²) in [6.45, 7) is 5.25. The van der Waals surface area contributed by atoms with E-state index in [1.807, 2.05) is 17.8 Å². The number of thioether (sulfide) groups is 1. The van der Waals surface area contributed by atoms with Crippen molar-refractivity contribution in [1.29, 1.82) is 0 Å². The highest BCUT2D eigenvalue weighted by atomic mass is 32.2. The van der Waals surface area contributed by atoms with Crippen molar-refractivity contribution < 1.29 is 4.74 Å². The van der Waals surface area contributed by atoms with E-state index in [9.17, 15) is 0 Å². The molecule has 0 radical (unpaired) electrons. The highest BCUT2D eigenvalue weighted by Crippen LogP contribution is 2.32. The topological polar surface area (TPSA) is 21.3 Å². The largest absolute Gasteiger partial charge is 0.493 e. The molecule has 0 saturated heterocycles. The molecular formula is C14H21NOS. The molecule has 3 heteroatoms. The van der Waals surface area contributed by atoms with Crippen molar-refractivity contribution in [3.05, 3.63) is 29.8 Å². The van der Waals surface area contributed by atoms with E-state index in [2.05, 4.69) is 36.7 Å². The van der Waals surface area contributed by atoms with Gasteiger partial charge in [-0.15, -0.1) is 0 Å². The van der Waals surface area contributed by atoms with E-state index in [4.69, 9.17) is 4.74 Å². The first-order chi connectivity index (χ1) is 8.31. The van der Waals surface area contributed by atoms with Gasteiger partial charge in [-0.1, -0.05) is 25.1 Å². The zero-order chi connectivity index (χ0) is 12.1. The van der Waals surface area contributed by atoms with Crippen LogP contribution in [0.1, 0.15) is 24.8 Å². The molecule has 1 aromatic carbocycles. The second kappa shape index (κ2) is 6.31. The SMILES string of the molecule is CSC(C)CNCC1CCOc2ccccc21. The molecule has 2 rings (SSSR count). The summed E-state index contributed by atoms with van der Waals surface area (Å²) in [6, 6.07) is 8.42. The molecule has 1 heterocycles. The number of benzene rings is 1. The molecule has 2 atom stereocenters. The van der Waals surface area contributed by atoms with Gasteiger partial charge in [-0.05, 0) is 24.3 Å². The molecule has 1 aromatic rings. The van der Waals surface area contributed by atoms with Gasteiger partial charge in [0, 0.05) is 24.3 Å². The molecule has 0 aromatic heterocycles. The molecule has 0 saturated carbocycles. The third-order valence-electron chi connectivity index (χ3n) is 3.31. The Bertz CT molecular complexity index is 356. The first-order valence-electron chi connectivity index (χ1n) is 6.26. The zero-order valence-electron chi connectivity index (χ0n) is 10.6. The van der Waals surface area contributed by atoms with E-state index in [-0.39, 0.29) is 0 Å². The minimum absolute atomic E-state index is 0.606. The lowest BCUT2D eigenvalue weighted by Crippen LogP contribution is -2.29. The molecule has 0 aliphatic carbocycles. The summed E-state index contributed by atoms with van der Waals surface area (Å²) in [4.78, 5) is 0. The monoisotopic (exact) mass is 251 g/mol. The first-order valence-corrected chi connectivity index (χ1v) is 7.55. The molecule has 94 valence electrons. The average molecular weight is 251 g/mol. The van der Waals surface area contributed by atoms with Gasteiger partial charge < -0.3 is 10.1 Å². The van der Waals surface area contributed by atoms with Crippen molar-refractivity contribution in [3.8, 4) is 5.75 Å². The van der Waals surface area contributed by atoms with Gasteiger partial charge in [0.15, 0.2) is 0 Å². The maximum Gasteiger partial charge on any atom is 0.122 e. The van der Waals surface area contributed by atoms with Crippen LogP contribution >= 0.6 is 11.8 Å². The van der Waals surface area contributed by atoms with Crippen molar-refractivity contribution in [2.75, 3.05) is 26.0 Å². The fourth-order valence-electron chi connectivity index (χ4n) is 2.17. The first kappa shape index (κ1) is 12.8. The molecule has 0 spiro atoms. The molecule has 0 amide bonds. The summed E-state index contributed by atoms with van der Waals surface area (Å²) in [6.07, 6.45) is 3.29. The van der Waals surface area contributed by atoms with Crippen LogP contribution in [-0.4, -0.2) is 31.2 Å². The van der Waals surface area contributed by atoms with Crippen LogP contribution in [0.5, 0.6) is 5.75 Å². The molecule has 2 unspecified atom stereocenters. The Balaban J connectivity index is 1.90. The van der Waals surface area contributed by atoms with Crippen molar-refractivity contribution in [2.45, 2.75) is 24.5 Å². The summed E-state index contributed by atoms with van der Waals surface area (Å²) in [5, 5.41) is 4.26. The Kier molecular flexibility index (Phi) is 4.75. The Morgan fingerprint density at radius 2 is 2.29 bits per heavy atom. The van der Waals surface area contributed by atoms with Crippen LogP contribution in [0.4, 0.5) is 0 Å². The van der Waals surface area contributed by atoms with Gasteiger partial charge in [-0.3, -0.25) is 0 Å². The van der Waals surface area contributed by atoms with E-state index >= 15 is 0 Å². The molecular weight excluding hydrogens is 230 g/mol. The third-order valence-corrected chi connectivity index (χ3v) is 4.28. The predicted octanol–water partition coefficient (Wildman–Crippen LogP) is 2.89. The van der Waals surface area contributed by atoms with Gasteiger partial charge in [-0.25, -0.2) is 0 Å². The van der Waals surface area contributed by atoms with Gasteiger partial charge in [0.05, 0.1) is 6.61 Å². The van der Waals surface area contributed by atoms with E-state index in [1.165, 1.54) is 5.56 Å². The lowest BCUT2D eigenvalue weighted by atomic mass is 9.93. The Hall–Kier alpha value is -0.670. The standard InChI is InChI=1S/C14H21NOS/c1-11(17-2)9-15-10-12-7-8-16-14-6-4-3-5-13(12)14/h3-6,11-12,15H,7-10H2,1-2H3. The van der Waals surface area contributed by atoms with Crippen LogP contribution in [-0.2, 0) is 0 Å². The number of para-hydroxylation sites is 1. The lowest BCUT2D eigenvalue weighted by molar-refractivity contribution is 0.265. The summed E-state index contributed by atoms with van der Waals surface area (Å²) >= 11 is 1.91. The van der Waals surface area contributed by atoms with Crippen LogP contribution in [0, 0.1) is 0 Å². The summed E-state index contributed by atoms with van der Waals surface area (Å²) < 4.78 is 5.67. The Morgan fingerprint density at radius 3 is 3.12 bits per heavy atom. The maximum absolute atomic E-state index is 5.67. The van der Waals surface area contributed by atoms with Gasteiger partial charge >= 0.3 is 0 Å². The summed E-state index contributed by atoms with van der Waals surface area (Å²) in [5.41, 5.74) is 1.36. The second-order valence-corrected chi connectivity index (χ2v) is 5.85. The molecule has 1 N–H and O–H groups in total. The minimum Gasteiger partial charge on any atom is -0.493 e. The number of nitrogens with one attached hydrogen (secondary N) is 1. The van der Waals surface area contributed by atoms with Crippen molar-refractivity contribution >= 4 is 11.8 Å². The normalized spacial score (nSPS) is 20.5. The molecule has 0 fully saturated rings. The molecule has 0 bridgehead atoms. The molecule has 1 aliphatic heterocycles. The second-order valence-electron chi connectivity index (χ2n) is 4.58. The summed E-state index contributed by atoms with van der Waals surface area (Å²) in [7, 11) is 0. The Morgan fingerprint density at radius 1 is 1.47 bits per heavy atom. The van der Waals surface area contributed by atoms with Gasteiger partial charge in [0.2, 0.25) is 0 Å². The average Bonchev–Trinajstić information content (AvgIpc) is 2.39. The minimum atomic E-state index is 0.606. The number of hydrogen-bond donors (Lipinski definition) is 1. The van der Waals surface area contributed by atoms with Crippen LogP contribution in [0.3, 0.4) is 0 Å². The number of ether oxygens (including phenoxy) is 1. The Labute approximate surface area is 108 Å². The third kappa shape index (κ3) is 3.39. The van der Waals surface area contributed by atoms with Crippen LogP contribution in [0.15, 0.2) is 24.3 Å². The van der Waals surface area contributed by atoms with Crippen LogP contribution in [0.25, 0.3) is 0 Å². The highest BCUT2D eigenvalue weighted by molar-refractivity contribution is 7.99. The van der Waals surface area contributed by atoms with Crippen molar-refractivity contribution in [3.63, 3.8) is 0 Å². The van der Waals surface area contributed by atoms with Gasteiger partial charge in [0.25, 0.3) is 0 Å². The maximum atomic E-state index is 5.67. The van der Waals surface area contributed by atoms with Crippen molar-refractivity contribution in [1.82, 2.24) is 5.32 Å². The van der Waals surface area contributed by atoms with Gasteiger partial charge in [0.1, 0.15) is 5.75 Å². The number of fused-ring (bicyclic) bond motifs is 1. The van der Waals surface area contributed by atoms with E-state index in [0.717, 1.165) is 31.9 Å². The predicted molar refractivity (Wildman–Crippen MR) is 75.1 cm³/mol. The van der Waals surface area contributed by atoms with E-state index < -0.39 is 0 Å². The molecule has 17 heavy (non-hydrogen) atoms.